The van der Waals surface area contributed by atoms with Crippen molar-refractivity contribution in [3.8, 4) is 0 Å². The van der Waals surface area contributed by atoms with Gasteiger partial charge in [-0.3, -0.25) is 0 Å². The Bertz CT molecular complexity index is 670. The standard InChI is InChI=1S/C14H18ClNO4S/c1-14(2)6-5-9(8-14)16-21(19,20)10-3-4-12(15)11(7-10)13(17)18/h3-4,7,9,16H,5-6,8H2,1-2H3,(H,17,18). The summed E-state index contributed by atoms with van der Waals surface area (Å²) in [6.45, 7) is 4.21. The lowest BCUT2D eigenvalue weighted by molar-refractivity contribution is 0.0697. The molecule has 0 heterocycles. The molecule has 0 saturated heterocycles. The fourth-order valence-corrected chi connectivity index (χ4v) is 4.15. The van der Waals surface area contributed by atoms with Crippen LogP contribution in [0.5, 0.6) is 0 Å². The summed E-state index contributed by atoms with van der Waals surface area (Å²) in [4.78, 5) is 11.0. The number of rotatable bonds is 4. The van der Waals surface area contributed by atoms with Crippen LogP contribution >= 0.6 is 11.6 Å². The molecular formula is C14H18ClNO4S. The second-order valence-electron chi connectivity index (χ2n) is 6.17. The van der Waals surface area contributed by atoms with Crippen LogP contribution in [-0.4, -0.2) is 25.5 Å². The van der Waals surface area contributed by atoms with Crippen molar-refractivity contribution < 1.29 is 18.3 Å². The largest absolute Gasteiger partial charge is 0.478 e. The van der Waals surface area contributed by atoms with Crippen molar-refractivity contribution in [1.29, 1.82) is 0 Å². The lowest BCUT2D eigenvalue weighted by Gasteiger charge is -2.18. The molecule has 5 nitrogen and oxygen atoms in total. The van der Waals surface area contributed by atoms with Gasteiger partial charge in [-0.1, -0.05) is 25.4 Å². The summed E-state index contributed by atoms with van der Waals surface area (Å²) < 4.78 is 27.3. The van der Waals surface area contributed by atoms with Crippen LogP contribution in [0.25, 0.3) is 0 Å². The lowest BCUT2D eigenvalue weighted by atomic mass is 9.92. The average molecular weight is 332 g/mol. The minimum absolute atomic E-state index is 0.0171. The quantitative estimate of drug-likeness (QED) is 0.888. The number of benzene rings is 1. The van der Waals surface area contributed by atoms with Crippen molar-refractivity contribution in [2.24, 2.45) is 5.41 Å². The predicted octanol–water partition coefficient (Wildman–Crippen LogP) is 2.90. The van der Waals surface area contributed by atoms with Crippen LogP contribution in [0.1, 0.15) is 43.5 Å². The minimum atomic E-state index is -3.74. The smallest absolute Gasteiger partial charge is 0.337 e. The van der Waals surface area contributed by atoms with Crippen LogP contribution in [0.2, 0.25) is 5.02 Å². The molecule has 1 fully saturated rings. The van der Waals surface area contributed by atoms with Gasteiger partial charge in [0.1, 0.15) is 0 Å². The molecule has 1 atom stereocenters. The van der Waals surface area contributed by atoms with E-state index < -0.39 is 16.0 Å². The molecule has 1 aromatic carbocycles. The number of nitrogens with one attached hydrogen (secondary N) is 1. The normalized spacial score (nSPS) is 21.4. The molecule has 1 saturated carbocycles. The van der Waals surface area contributed by atoms with Crippen molar-refractivity contribution >= 4 is 27.6 Å². The molecule has 1 aliphatic carbocycles. The summed E-state index contributed by atoms with van der Waals surface area (Å²) in [6.07, 6.45) is 2.51. The topological polar surface area (TPSA) is 83.5 Å². The Balaban J connectivity index is 2.24. The van der Waals surface area contributed by atoms with Crippen LogP contribution in [0.3, 0.4) is 0 Å². The number of hydrogen-bond acceptors (Lipinski definition) is 3. The van der Waals surface area contributed by atoms with E-state index in [4.69, 9.17) is 16.7 Å². The van der Waals surface area contributed by atoms with Gasteiger partial charge in [0, 0.05) is 6.04 Å². The SMILES string of the molecule is CC1(C)CCC(NS(=O)(=O)c2ccc(Cl)c(C(=O)O)c2)C1. The monoisotopic (exact) mass is 331 g/mol. The fraction of sp³-hybridized carbons (Fsp3) is 0.500. The number of carbonyl (C=O) groups is 1. The highest BCUT2D eigenvalue weighted by Gasteiger charge is 2.33. The first-order valence-electron chi connectivity index (χ1n) is 6.66. The Hall–Kier alpha value is -1.11. The van der Waals surface area contributed by atoms with Gasteiger partial charge in [0.05, 0.1) is 15.5 Å². The Morgan fingerprint density at radius 1 is 1.43 bits per heavy atom. The van der Waals surface area contributed by atoms with Crippen molar-refractivity contribution in [3.63, 3.8) is 0 Å². The molecule has 0 spiro atoms. The molecule has 2 rings (SSSR count). The predicted molar refractivity (Wildman–Crippen MR) is 80.2 cm³/mol. The van der Waals surface area contributed by atoms with E-state index in [1.165, 1.54) is 12.1 Å². The molecule has 1 unspecified atom stereocenters. The minimum Gasteiger partial charge on any atom is -0.478 e. The maximum atomic E-state index is 12.3. The van der Waals surface area contributed by atoms with Gasteiger partial charge in [-0.2, -0.15) is 0 Å². The zero-order valence-electron chi connectivity index (χ0n) is 11.9. The summed E-state index contributed by atoms with van der Waals surface area (Å²) in [6, 6.07) is 3.58. The first-order chi connectivity index (χ1) is 9.61. The van der Waals surface area contributed by atoms with Crippen molar-refractivity contribution in [3.05, 3.63) is 28.8 Å². The van der Waals surface area contributed by atoms with Crippen LogP contribution in [0.15, 0.2) is 23.1 Å². The van der Waals surface area contributed by atoms with Crippen molar-refractivity contribution in [2.45, 2.75) is 44.0 Å². The summed E-state index contributed by atoms with van der Waals surface area (Å²) >= 11 is 5.75. The molecular weight excluding hydrogens is 314 g/mol. The van der Waals surface area contributed by atoms with Gasteiger partial charge >= 0.3 is 5.97 Å². The molecule has 0 radical (unpaired) electrons. The molecule has 0 amide bonds. The van der Waals surface area contributed by atoms with E-state index in [1.54, 1.807) is 0 Å². The van der Waals surface area contributed by atoms with Gasteiger partial charge in [0.15, 0.2) is 0 Å². The number of aromatic carboxylic acids is 1. The lowest BCUT2D eigenvalue weighted by Crippen LogP contribution is -2.33. The molecule has 2 N–H and O–H groups in total. The zero-order chi connectivity index (χ0) is 15.8. The maximum absolute atomic E-state index is 12.3. The number of hydrogen-bond donors (Lipinski definition) is 2. The summed E-state index contributed by atoms with van der Waals surface area (Å²) in [5.41, 5.74) is -0.0920. The molecule has 0 bridgehead atoms. The highest BCUT2D eigenvalue weighted by Crippen LogP contribution is 2.37. The van der Waals surface area contributed by atoms with Crippen LogP contribution in [0.4, 0.5) is 0 Å². The Morgan fingerprint density at radius 3 is 2.62 bits per heavy atom. The number of halogens is 1. The van der Waals surface area contributed by atoms with E-state index in [0.717, 1.165) is 25.3 Å². The average Bonchev–Trinajstić information content (AvgIpc) is 2.67. The third kappa shape index (κ3) is 3.75. The second-order valence-corrected chi connectivity index (χ2v) is 8.29. The second kappa shape index (κ2) is 5.59. The van der Waals surface area contributed by atoms with Crippen molar-refractivity contribution in [1.82, 2.24) is 4.72 Å². The number of carboxylic acids is 1. The van der Waals surface area contributed by atoms with Crippen LogP contribution < -0.4 is 4.72 Å². The van der Waals surface area contributed by atoms with Crippen molar-refractivity contribution in [2.75, 3.05) is 0 Å². The van der Waals surface area contributed by atoms with E-state index in [0.29, 0.717) is 0 Å². The fourth-order valence-electron chi connectivity index (χ4n) is 2.66. The molecule has 0 aromatic heterocycles. The summed E-state index contributed by atoms with van der Waals surface area (Å²) in [5.74, 6) is -1.25. The summed E-state index contributed by atoms with van der Waals surface area (Å²) in [5, 5.41) is 9.03. The Labute approximate surface area is 129 Å². The zero-order valence-corrected chi connectivity index (χ0v) is 13.5. The van der Waals surface area contributed by atoms with Crippen LogP contribution in [0, 0.1) is 5.41 Å². The molecule has 0 aliphatic heterocycles. The van der Waals surface area contributed by atoms with Gasteiger partial charge in [0.2, 0.25) is 10.0 Å². The van der Waals surface area contributed by atoms with E-state index in [1.807, 2.05) is 0 Å². The van der Waals surface area contributed by atoms with E-state index in [-0.39, 0.29) is 26.9 Å². The maximum Gasteiger partial charge on any atom is 0.337 e. The number of carboxylic acid groups (broad SMARTS) is 1. The molecule has 116 valence electrons. The van der Waals surface area contributed by atoms with Gasteiger partial charge in [-0.25, -0.2) is 17.9 Å². The van der Waals surface area contributed by atoms with Gasteiger partial charge < -0.3 is 5.11 Å². The molecule has 21 heavy (non-hydrogen) atoms. The first-order valence-corrected chi connectivity index (χ1v) is 8.52. The number of sulfonamides is 1. The first kappa shape index (κ1) is 16.3. The van der Waals surface area contributed by atoms with Gasteiger partial charge in [-0.15, -0.1) is 0 Å². The highest BCUT2D eigenvalue weighted by molar-refractivity contribution is 7.89. The Morgan fingerprint density at radius 2 is 2.10 bits per heavy atom. The van der Waals surface area contributed by atoms with E-state index in [9.17, 15) is 13.2 Å². The third-order valence-electron chi connectivity index (χ3n) is 3.77. The van der Waals surface area contributed by atoms with Gasteiger partial charge in [0.25, 0.3) is 0 Å². The molecule has 1 aromatic rings. The van der Waals surface area contributed by atoms with Crippen LogP contribution in [-0.2, 0) is 10.0 Å². The highest BCUT2D eigenvalue weighted by atomic mass is 35.5. The van der Waals surface area contributed by atoms with E-state index >= 15 is 0 Å². The molecule has 7 heteroatoms. The third-order valence-corrected chi connectivity index (χ3v) is 5.62. The molecule has 1 aliphatic rings. The Kier molecular flexibility index (Phi) is 4.33. The van der Waals surface area contributed by atoms with E-state index in [2.05, 4.69) is 18.6 Å². The van der Waals surface area contributed by atoms with Gasteiger partial charge in [-0.05, 0) is 42.9 Å². The summed E-state index contributed by atoms with van der Waals surface area (Å²) in [7, 11) is -3.74.